The van der Waals surface area contributed by atoms with Gasteiger partial charge >= 0.3 is 0 Å². The highest BCUT2D eigenvalue weighted by Crippen LogP contribution is 2.48. The lowest BCUT2D eigenvalue weighted by atomic mass is 10.1. The summed E-state index contributed by atoms with van der Waals surface area (Å²) in [5.74, 6) is -3.43. The first-order chi connectivity index (χ1) is 12.2. The van der Waals surface area contributed by atoms with Crippen molar-refractivity contribution in [2.45, 2.75) is 25.3 Å². The highest BCUT2D eigenvalue weighted by molar-refractivity contribution is 7.96. The Kier molecular flexibility index (Phi) is 4.94. The highest BCUT2D eigenvalue weighted by atomic mass is 32.1. The van der Waals surface area contributed by atoms with Crippen LogP contribution in [-0.2, 0) is 4.79 Å². The van der Waals surface area contributed by atoms with Gasteiger partial charge < -0.3 is 19.6 Å². The van der Waals surface area contributed by atoms with E-state index in [0.717, 1.165) is 0 Å². The minimum absolute atomic E-state index is 0.113. The first-order valence-corrected chi connectivity index (χ1v) is 8.36. The van der Waals surface area contributed by atoms with Gasteiger partial charge in [-0.2, -0.15) is 0 Å². The van der Waals surface area contributed by atoms with Gasteiger partial charge in [-0.3, -0.25) is 9.59 Å². The van der Waals surface area contributed by atoms with E-state index in [0.29, 0.717) is 22.5 Å². The number of amides is 1. The summed E-state index contributed by atoms with van der Waals surface area (Å²) in [5, 5.41) is 11.3. The van der Waals surface area contributed by atoms with E-state index in [9.17, 15) is 18.4 Å². The fraction of sp³-hybridized carbons (Fsp3) is 0.412. The Balaban J connectivity index is 1.82. The van der Waals surface area contributed by atoms with Crippen molar-refractivity contribution in [1.82, 2.24) is 5.32 Å². The number of carbonyl (C=O) groups excluding carboxylic acids is 2. The summed E-state index contributed by atoms with van der Waals surface area (Å²) < 4.78 is 36.8. The van der Waals surface area contributed by atoms with Crippen LogP contribution >= 0.6 is 12.6 Å². The molecule has 0 radical (unpaired) electrons. The molecule has 6 nitrogen and oxygen atoms in total. The van der Waals surface area contributed by atoms with E-state index in [1.54, 1.807) is 19.1 Å². The molecular weight excluding hydrogens is 368 g/mol. The number of furan rings is 1. The third kappa shape index (κ3) is 3.68. The lowest BCUT2D eigenvalue weighted by molar-refractivity contribution is -0.113. The molecule has 1 aliphatic carbocycles. The zero-order chi connectivity index (χ0) is 19.1. The van der Waals surface area contributed by atoms with E-state index in [-0.39, 0.29) is 18.6 Å². The number of thiol groups is 1. The average Bonchev–Trinajstić information content (AvgIpc) is 3.04. The average molecular weight is 385 g/mol. The number of ether oxygens (including phenoxy) is 1. The first-order valence-electron chi connectivity index (χ1n) is 7.91. The number of aliphatic hydroxyl groups excluding tert-OH is 1. The van der Waals surface area contributed by atoms with Crippen molar-refractivity contribution in [1.29, 1.82) is 0 Å². The van der Waals surface area contributed by atoms with Crippen LogP contribution in [-0.4, -0.2) is 41.3 Å². The van der Waals surface area contributed by atoms with Crippen LogP contribution in [0.25, 0.3) is 11.0 Å². The summed E-state index contributed by atoms with van der Waals surface area (Å²) in [5.41, 5.74) is 0.588. The number of fused-ring (bicyclic) bond motifs is 1. The van der Waals surface area contributed by atoms with Gasteiger partial charge in [-0.1, -0.05) is 0 Å². The smallest absolute Gasteiger partial charge is 0.256 e. The van der Waals surface area contributed by atoms with E-state index < -0.39 is 35.5 Å². The van der Waals surface area contributed by atoms with Crippen molar-refractivity contribution in [2.24, 2.45) is 5.92 Å². The Morgan fingerprint density at radius 2 is 2.19 bits per heavy atom. The second kappa shape index (κ2) is 6.88. The quantitative estimate of drug-likeness (QED) is 0.637. The number of carbonyl (C=O) groups is 2. The van der Waals surface area contributed by atoms with E-state index in [1.165, 1.54) is 6.07 Å². The molecule has 1 amide bonds. The molecule has 3 rings (SSSR count). The Hall–Kier alpha value is -2.13. The largest absolute Gasteiger partial charge is 0.493 e. The number of aryl methyl sites for hydroxylation is 1. The van der Waals surface area contributed by atoms with Crippen molar-refractivity contribution < 1.29 is 32.6 Å². The lowest BCUT2D eigenvalue weighted by Crippen LogP contribution is -2.41. The molecule has 1 aromatic carbocycles. The number of nitrogens with one attached hydrogen (secondary N) is 1. The maximum Gasteiger partial charge on any atom is 0.256 e. The molecule has 9 heteroatoms. The van der Waals surface area contributed by atoms with Crippen LogP contribution in [0.15, 0.2) is 22.6 Å². The fourth-order valence-electron chi connectivity index (χ4n) is 2.63. The van der Waals surface area contributed by atoms with Crippen LogP contribution in [0.3, 0.4) is 0 Å². The summed E-state index contributed by atoms with van der Waals surface area (Å²) >= 11 is 3.61. The number of halogens is 2. The molecule has 1 aliphatic rings. The van der Waals surface area contributed by atoms with E-state index in [1.807, 2.05) is 0 Å². The number of alkyl halides is 2. The standard InChI is InChI=1S/C17H17F2NO5S/c1-8-14(15(22)20-12(6-21)16(23)26)11-4-10(2-3-13(11)25-8)24-7-9-5-17(9,18)19/h2-4,9,12,21H,5-7H2,1H3,(H,20,22)(H,23,26)/t9?,12-/m0/s1. The third-order valence-corrected chi connectivity index (χ3v) is 4.57. The molecule has 1 saturated carbocycles. The van der Waals surface area contributed by atoms with Gasteiger partial charge in [0.2, 0.25) is 5.12 Å². The predicted molar refractivity (Wildman–Crippen MR) is 91.8 cm³/mol. The first kappa shape index (κ1) is 18.7. The molecule has 2 N–H and O–H groups in total. The van der Waals surface area contributed by atoms with Crippen LogP contribution in [0.1, 0.15) is 22.5 Å². The van der Waals surface area contributed by atoms with E-state index in [4.69, 9.17) is 14.3 Å². The third-order valence-electron chi connectivity index (χ3n) is 4.26. The van der Waals surface area contributed by atoms with Crippen LogP contribution in [0, 0.1) is 12.8 Å². The Morgan fingerprint density at radius 1 is 1.50 bits per heavy atom. The molecule has 1 aromatic heterocycles. The number of hydrogen-bond donors (Lipinski definition) is 3. The predicted octanol–water partition coefficient (Wildman–Crippen LogP) is 2.32. The molecule has 1 unspecified atom stereocenters. The van der Waals surface area contributed by atoms with Crippen molar-refractivity contribution >= 4 is 34.6 Å². The molecule has 2 aromatic rings. The van der Waals surface area contributed by atoms with Gasteiger partial charge in [0.1, 0.15) is 23.1 Å². The molecule has 26 heavy (non-hydrogen) atoms. The Labute approximate surface area is 152 Å². The molecule has 2 atom stereocenters. The minimum Gasteiger partial charge on any atom is -0.493 e. The Bertz CT molecular complexity index is 866. The van der Waals surface area contributed by atoms with Gasteiger partial charge in [0.15, 0.2) is 0 Å². The van der Waals surface area contributed by atoms with Gasteiger partial charge in [-0.25, -0.2) is 8.78 Å². The SMILES string of the molecule is Cc1oc2ccc(OCC3CC3(F)F)cc2c1C(=O)N[C@@H](CO)C(=O)S. The maximum atomic E-state index is 12.9. The summed E-state index contributed by atoms with van der Waals surface area (Å²) in [6.07, 6.45) is -0.186. The molecule has 0 spiro atoms. The maximum absolute atomic E-state index is 12.9. The summed E-state index contributed by atoms with van der Waals surface area (Å²) in [6.45, 7) is 0.876. The zero-order valence-corrected chi connectivity index (χ0v) is 14.7. The summed E-state index contributed by atoms with van der Waals surface area (Å²) in [6, 6.07) is 3.53. The van der Waals surface area contributed by atoms with Gasteiger partial charge in [-0.15, -0.1) is 12.6 Å². The summed E-state index contributed by atoms with van der Waals surface area (Å²) in [4.78, 5) is 23.8. The normalized spacial score (nSPS) is 19.2. The van der Waals surface area contributed by atoms with Gasteiger partial charge in [0.25, 0.3) is 11.8 Å². The van der Waals surface area contributed by atoms with Crippen LogP contribution < -0.4 is 10.1 Å². The second-order valence-corrected chi connectivity index (χ2v) is 6.65. The molecule has 140 valence electrons. The zero-order valence-electron chi connectivity index (χ0n) is 13.8. The number of benzene rings is 1. The lowest BCUT2D eigenvalue weighted by Gasteiger charge is -2.12. The van der Waals surface area contributed by atoms with Gasteiger partial charge in [0, 0.05) is 11.8 Å². The van der Waals surface area contributed by atoms with Crippen molar-refractivity contribution in [3.8, 4) is 5.75 Å². The highest BCUT2D eigenvalue weighted by Gasteiger charge is 2.57. The monoisotopic (exact) mass is 385 g/mol. The molecule has 1 fully saturated rings. The molecule has 0 saturated heterocycles. The van der Waals surface area contributed by atoms with Crippen molar-refractivity contribution in [3.05, 3.63) is 29.5 Å². The van der Waals surface area contributed by atoms with Crippen molar-refractivity contribution in [2.75, 3.05) is 13.2 Å². The topological polar surface area (TPSA) is 88.8 Å². The molecule has 0 bridgehead atoms. The minimum atomic E-state index is -2.67. The van der Waals surface area contributed by atoms with Gasteiger partial charge in [0.05, 0.1) is 24.7 Å². The number of hydrogen-bond acceptors (Lipinski definition) is 5. The van der Waals surface area contributed by atoms with Crippen LogP contribution in [0.2, 0.25) is 0 Å². The van der Waals surface area contributed by atoms with E-state index >= 15 is 0 Å². The molecule has 0 aliphatic heterocycles. The summed E-state index contributed by atoms with van der Waals surface area (Å²) in [7, 11) is 0. The molecule has 1 heterocycles. The number of rotatable bonds is 7. The Morgan fingerprint density at radius 3 is 2.77 bits per heavy atom. The van der Waals surface area contributed by atoms with Crippen LogP contribution in [0.4, 0.5) is 8.78 Å². The fourth-order valence-corrected chi connectivity index (χ4v) is 2.78. The van der Waals surface area contributed by atoms with Crippen molar-refractivity contribution in [3.63, 3.8) is 0 Å². The van der Waals surface area contributed by atoms with Gasteiger partial charge in [-0.05, 0) is 25.1 Å². The number of aliphatic hydroxyl groups is 1. The van der Waals surface area contributed by atoms with E-state index in [2.05, 4.69) is 17.9 Å². The van der Waals surface area contributed by atoms with Crippen LogP contribution in [0.5, 0.6) is 5.75 Å². The molecular formula is C17H17F2NO5S. The second-order valence-electron chi connectivity index (χ2n) is 6.21.